The monoisotopic (exact) mass is 291 g/mol. The standard InChI is InChI=1S/C17H17N5/c1-12-9-13(2)20-17(15(12)10-18)19-7-6-14-11-22-8-4-3-5-16(22)21-14/h3-5,8-9,11H,6-7H2,1-2H3,(H,19,20). The van der Waals surface area contributed by atoms with Crippen LogP contribution in [0.2, 0.25) is 0 Å². The van der Waals surface area contributed by atoms with E-state index in [9.17, 15) is 5.26 Å². The Morgan fingerprint density at radius 1 is 1.27 bits per heavy atom. The number of nitrogens with zero attached hydrogens (tertiary/aromatic N) is 4. The van der Waals surface area contributed by atoms with Crippen LogP contribution in [0, 0.1) is 25.2 Å². The normalized spacial score (nSPS) is 10.6. The van der Waals surface area contributed by atoms with Crippen LogP contribution >= 0.6 is 0 Å². The topological polar surface area (TPSA) is 66.0 Å². The predicted octanol–water partition coefficient (Wildman–Crippen LogP) is 2.87. The molecule has 5 nitrogen and oxygen atoms in total. The highest BCUT2D eigenvalue weighted by atomic mass is 15.0. The number of anilines is 1. The number of fused-ring (bicyclic) bond motifs is 1. The third-order valence-corrected chi connectivity index (χ3v) is 3.54. The molecule has 3 aromatic rings. The number of rotatable bonds is 4. The first-order valence-corrected chi connectivity index (χ1v) is 7.22. The van der Waals surface area contributed by atoms with E-state index in [1.54, 1.807) is 0 Å². The first-order valence-electron chi connectivity index (χ1n) is 7.22. The van der Waals surface area contributed by atoms with Gasteiger partial charge in [0.25, 0.3) is 0 Å². The predicted molar refractivity (Wildman–Crippen MR) is 85.8 cm³/mol. The number of nitrogens with one attached hydrogen (secondary N) is 1. The Bertz CT molecular complexity index is 824. The van der Waals surface area contributed by atoms with Crippen molar-refractivity contribution >= 4 is 11.5 Å². The molecule has 0 saturated heterocycles. The van der Waals surface area contributed by atoms with Crippen molar-refractivity contribution in [1.29, 1.82) is 5.26 Å². The van der Waals surface area contributed by atoms with Crippen molar-refractivity contribution in [3.63, 3.8) is 0 Å². The summed E-state index contributed by atoms with van der Waals surface area (Å²) in [5.74, 6) is 0.656. The quantitative estimate of drug-likeness (QED) is 0.802. The highest BCUT2D eigenvalue weighted by Gasteiger charge is 2.08. The van der Waals surface area contributed by atoms with Gasteiger partial charge in [-0.2, -0.15) is 5.26 Å². The smallest absolute Gasteiger partial charge is 0.144 e. The maximum absolute atomic E-state index is 9.26. The summed E-state index contributed by atoms with van der Waals surface area (Å²) in [5.41, 5.74) is 4.43. The molecular weight excluding hydrogens is 274 g/mol. The highest BCUT2D eigenvalue weighted by molar-refractivity contribution is 5.56. The average molecular weight is 291 g/mol. The number of pyridine rings is 2. The van der Waals surface area contributed by atoms with Gasteiger partial charge in [0.05, 0.1) is 11.3 Å². The lowest BCUT2D eigenvalue weighted by atomic mass is 10.1. The molecule has 3 heterocycles. The number of imidazole rings is 1. The summed E-state index contributed by atoms with van der Waals surface area (Å²) in [6.45, 7) is 4.55. The molecule has 0 atom stereocenters. The van der Waals surface area contributed by atoms with Crippen molar-refractivity contribution in [1.82, 2.24) is 14.4 Å². The molecule has 22 heavy (non-hydrogen) atoms. The molecule has 3 aromatic heterocycles. The minimum atomic E-state index is 0.612. The van der Waals surface area contributed by atoms with Gasteiger partial charge in [-0.3, -0.25) is 0 Å². The molecule has 0 aromatic carbocycles. The Kier molecular flexibility index (Phi) is 3.75. The van der Waals surface area contributed by atoms with Crippen LogP contribution in [0.5, 0.6) is 0 Å². The first-order chi connectivity index (χ1) is 10.7. The van der Waals surface area contributed by atoms with Crippen LogP contribution in [0.4, 0.5) is 5.82 Å². The van der Waals surface area contributed by atoms with Crippen LogP contribution in [0.1, 0.15) is 22.5 Å². The zero-order valence-electron chi connectivity index (χ0n) is 12.7. The zero-order valence-corrected chi connectivity index (χ0v) is 12.7. The lowest BCUT2D eigenvalue weighted by Gasteiger charge is -2.09. The fourth-order valence-corrected chi connectivity index (χ4v) is 2.52. The van der Waals surface area contributed by atoms with Gasteiger partial charge in [0.15, 0.2) is 0 Å². The Hall–Kier alpha value is -2.87. The van der Waals surface area contributed by atoms with Gasteiger partial charge in [0, 0.05) is 31.1 Å². The molecule has 0 spiro atoms. The van der Waals surface area contributed by atoms with Gasteiger partial charge < -0.3 is 9.72 Å². The highest BCUT2D eigenvalue weighted by Crippen LogP contribution is 2.17. The summed E-state index contributed by atoms with van der Waals surface area (Å²) in [4.78, 5) is 8.98. The van der Waals surface area contributed by atoms with Crippen LogP contribution in [0.3, 0.4) is 0 Å². The van der Waals surface area contributed by atoms with E-state index in [0.29, 0.717) is 17.9 Å². The molecule has 0 saturated carbocycles. The fourth-order valence-electron chi connectivity index (χ4n) is 2.52. The summed E-state index contributed by atoms with van der Waals surface area (Å²) in [6, 6.07) is 10.1. The van der Waals surface area contributed by atoms with Gasteiger partial charge in [-0.05, 0) is 37.6 Å². The van der Waals surface area contributed by atoms with Gasteiger partial charge >= 0.3 is 0 Å². The third-order valence-electron chi connectivity index (χ3n) is 3.54. The van der Waals surface area contributed by atoms with E-state index in [1.165, 1.54) is 0 Å². The fraction of sp³-hybridized carbons (Fsp3) is 0.235. The maximum Gasteiger partial charge on any atom is 0.144 e. The second kappa shape index (κ2) is 5.86. The lowest BCUT2D eigenvalue weighted by Crippen LogP contribution is -2.09. The SMILES string of the molecule is Cc1cc(C)c(C#N)c(NCCc2cn3ccccc3n2)n1. The minimum Gasteiger partial charge on any atom is -0.369 e. The van der Waals surface area contributed by atoms with Crippen LogP contribution in [0.15, 0.2) is 36.7 Å². The van der Waals surface area contributed by atoms with Crippen LogP contribution in [-0.4, -0.2) is 20.9 Å². The largest absolute Gasteiger partial charge is 0.369 e. The van der Waals surface area contributed by atoms with Crippen molar-refractivity contribution in [2.45, 2.75) is 20.3 Å². The van der Waals surface area contributed by atoms with Crippen LogP contribution < -0.4 is 5.32 Å². The summed E-state index contributed by atoms with van der Waals surface area (Å²) in [6.07, 6.45) is 4.79. The van der Waals surface area contributed by atoms with Gasteiger partial charge in [0.1, 0.15) is 17.5 Å². The molecule has 0 aliphatic heterocycles. The van der Waals surface area contributed by atoms with Gasteiger partial charge in [-0.25, -0.2) is 9.97 Å². The molecule has 0 radical (unpaired) electrons. The van der Waals surface area contributed by atoms with Crippen molar-refractivity contribution < 1.29 is 0 Å². The molecule has 3 rings (SSSR count). The summed E-state index contributed by atoms with van der Waals surface area (Å²) in [5, 5.41) is 12.5. The Labute approximate surface area is 129 Å². The van der Waals surface area contributed by atoms with Crippen molar-refractivity contribution in [3.05, 3.63) is 59.2 Å². The molecule has 1 N–H and O–H groups in total. The van der Waals surface area contributed by atoms with Gasteiger partial charge in [-0.1, -0.05) is 6.07 Å². The van der Waals surface area contributed by atoms with Crippen LogP contribution in [0.25, 0.3) is 5.65 Å². The number of hydrogen-bond acceptors (Lipinski definition) is 4. The first kappa shape index (κ1) is 14.1. The average Bonchev–Trinajstić information content (AvgIpc) is 2.89. The molecule has 0 aliphatic carbocycles. The Morgan fingerprint density at radius 2 is 2.14 bits per heavy atom. The van der Waals surface area contributed by atoms with E-state index in [2.05, 4.69) is 21.4 Å². The number of nitriles is 1. The van der Waals surface area contributed by atoms with E-state index < -0.39 is 0 Å². The Morgan fingerprint density at radius 3 is 2.91 bits per heavy atom. The lowest BCUT2D eigenvalue weighted by molar-refractivity contribution is 0.964. The molecular formula is C17H17N5. The molecule has 0 fully saturated rings. The summed E-state index contributed by atoms with van der Waals surface area (Å²) < 4.78 is 2.01. The second-order valence-corrected chi connectivity index (χ2v) is 5.29. The summed E-state index contributed by atoms with van der Waals surface area (Å²) >= 11 is 0. The van der Waals surface area contributed by atoms with Crippen LogP contribution in [-0.2, 0) is 6.42 Å². The maximum atomic E-state index is 9.26. The van der Waals surface area contributed by atoms with E-state index in [4.69, 9.17) is 0 Å². The van der Waals surface area contributed by atoms with E-state index in [-0.39, 0.29) is 0 Å². The van der Waals surface area contributed by atoms with Crippen molar-refractivity contribution in [2.24, 2.45) is 0 Å². The number of aromatic nitrogens is 3. The minimum absolute atomic E-state index is 0.612. The Balaban J connectivity index is 1.72. The second-order valence-electron chi connectivity index (χ2n) is 5.29. The van der Waals surface area contributed by atoms with E-state index in [0.717, 1.165) is 29.0 Å². The summed E-state index contributed by atoms with van der Waals surface area (Å²) in [7, 11) is 0. The number of aryl methyl sites for hydroxylation is 2. The van der Waals surface area contributed by atoms with Crippen molar-refractivity contribution in [3.8, 4) is 6.07 Å². The number of hydrogen-bond donors (Lipinski definition) is 1. The van der Waals surface area contributed by atoms with Crippen molar-refractivity contribution in [2.75, 3.05) is 11.9 Å². The molecule has 0 bridgehead atoms. The third kappa shape index (κ3) is 2.77. The van der Waals surface area contributed by atoms with Gasteiger partial charge in [-0.15, -0.1) is 0 Å². The zero-order chi connectivity index (χ0) is 15.5. The molecule has 5 heteroatoms. The molecule has 0 unspecified atom stereocenters. The van der Waals surface area contributed by atoms with E-state index >= 15 is 0 Å². The van der Waals surface area contributed by atoms with E-state index in [1.807, 2.05) is 54.9 Å². The molecule has 0 aliphatic rings. The van der Waals surface area contributed by atoms with Gasteiger partial charge in [0.2, 0.25) is 0 Å². The molecule has 0 amide bonds. The molecule has 110 valence electrons.